The van der Waals surface area contributed by atoms with Gasteiger partial charge in [-0.1, -0.05) is 18.7 Å². The van der Waals surface area contributed by atoms with Gasteiger partial charge in [0.25, 0.3) is 0 Å². The molecule has 1 saturated carbocycles. The van der Waals surface area contributed by atoms with E-state index in [0.717, 1.165) is 16.2 Å². The third-order valence-corrected chi connectivity index (χ3v) is 3.53. The standard InChI is InChI=1S/C8H13N3S/c1-6-2-3-7(4-6)12-8-5-9-11-10-8/h5-7H,2-4H2,1H3,(H,9,10,11). The quantitative estimate of drug-likeness (QED) is 0.763. The Bertz CT molecular complexity index is 234. The largest absolute Gasteiger partial charge is 0.197 e. The number of nitrogens with one attached hydrogen (secondary N) is 1. The van der Waals surface area contributed by atoms with Crippen LogP contribution >= 0.6 is 11.8 Å². The molecular weight excluding hydrogens is 170 g/mol. The zero-order valence-corrected chi connectivity index (χ0v) is 7.97. The molecule has 1 aliphatic rings. The number of nitrogens with zero attached hydrogens (tertiary/aromatic N) is 2. The Morgan fingerprint density at radius 3 is 3.08 bits per heavy atom. The van der Waals surface area contributed by atoms with Crippen LogP contribution in [0.2, 0.25) is 0 Å². The Morgan fingerprint density at radius 2 is 2.50 bits per heavy atom. The SMILES string of the molecule is CC1CCC(Sc2cn[nH]n2)C1. The molecule has 66 valence electrons. The number of hydrogen-bond donors (Lipinski definition) is 1. The molecule has 1 aliphatic carbocycles. The van der Waals surface area contributed by atoms with E-state index in [-0.39, 0.29) is 0 Å². The highest BCUT2D eigenvalue weighted by atomic mass is 32.2. The monoisotopic (exact) mass is 183 g/mol. The Labute approximate surface area is 76.3 Å². The Hall–Kier alpha value is -0.510. The molecule has 0 bridgehead atoms. The Kier molecular flexibility index (Phi) is 2.35. The van der Waals surface area contributed by atoms with Crippen molar-refractivity contribution >= 4 is 11.8 Å². The molecule has 1 N–H and O–H groups in total. The van der Waals surface area contributed by atoms with E-state index in [1.54, 1.807) is 6.20 Å². The van der Waals surface area contributed by atoms with E-state index in [9.17, 15) is 0 Å². The number of aromatic amines is 1. The van der Waals surface area contributed by atoms with Crippen LogP contribution in [0.3, 0.4) is 0 Å². The van der Waals surface area contributed by atoms with Crippen LogP contribution in [0.5, 0.6) is 0 Å². The molecule has 0 radical (unpaired) electrons. The summed E-state index contributed by atoms with van der Waals surface area (Å²) in [4.78, 5) is 0. The lowest BCUT2D eigenvalue weighted by molar-refractivity contribution is 0.613. The molecule has 0 aromatic carbocycles. The van der Waals surface area contributed by atoms with Crippen molar-refractivity contribution in [3.63, 3.8) is 0 Å². The van der Waals surface area contributed by atoms with Crippen LogP contribution in [-0.4, -0.2) is 20.7 Å². The number of hydrogen-bond acceptors (Lipinski definition) is 3. The lowest BCUT2D eigenvalue weighted by atomic mass is 10.1. The summed E-state index contributed by atoms with van der Waals surface area (Å²) in [6, 6.07) is 0. The fourth-order valence-electron chi connectivity index (χ4n) is 1.68. The van der Waals surface area contributed by atoms with Crippen molar-refractivity contribution in [2.24, 2.45) is 5.92 Å². The zero-order valence-electron chi connectivity index (χ0n) is 7.16. The highest BCUT2D eigenvalue weighted by molar-refractivity contribution is 7.99. The lowest BCUT2D eigenvalue weighted by Gasteiger charge is -2.04. The summed E-state index contributed by atoms with van der Waals surface area (Å²) in [6.45, 7) is 2.32. The Morgan fingerprint density at radius 1 is 1.58 bits per heavy atom. The predicted molar refractivity (Wildman–Crippen MR) is 49.0 cm³/mol. The second kappa shape index (κ2) is 3.47. The van der Waals surface area contributed by atoms with Gasteiger partial charge in [-0.25, -0.2) is 0 Å². The summed E-state index contributed by atoms with van der Waals surface area (Å²) in [5, 5.41) is 12.3. The molecule has 0 amide bonds. The predicted octanol–water partition coefficient (Wildman–Crippen LogP) is 2.09. The van der Waals surface area contributed by atoms with Gasteiger partial charge >= 0.3 is 0 Å². The molecule has 4 heteroatoms. The van der Waals surface area contributed by atoms with Crippen molar-refractivity contribution in [1.82, 2.24) is 15.4 Å². The highest BCUT2D eigenvalue weighted by Gasteiger charge is 2.22. The Balaban J connectivity index is 1.88. The molecule has 1 heterocycles. The van der Waals surface area contributed by atoms with Gasteiger partial charge in [-0.05, 0) is 25.2 Å². The van der Waals surface area contributed by atoms with Gasteiger partial charge in [-0.15, -0.1) is 5.10 Å². The van der Waals surface area contributed by atoms with Gasteiger partial charge in [0.2, 0.25) is 0 Å². The van der Waals surface area contributed by atoms with E-state index in [0.29, 0.717) is 0 Å². The number of H-pyrrole nitrogens is 1. The average Bonchev–Trinajstić information content (AvgIpc) is 2.63. The number of aromatic nitrogens is 3. The third-order valence-electron chi connectivity index (χ3n) is 2.33. The fourth-order valence-corrected chi connectivity index (χ4v) is 2.91. The first-order valence-electron chi connectivity index (χ1n) is 4.37. The van der Waals surface area contributed by atoms with Gasteiger partial charge < -0.3 is 0 Å². The molecule has 2 rings (SSSR count). The minimum absolute atomic E-state index is 0.769. The van der Waals surface area contributed by atoms with Gasteiger partial charge in [-0.3, -0.25) is 0 Å². The van der Waals surface area contributed by atoms with E-state index >= 15 is 0 Å². The topological polar surface area (TPSA) is 41.6 Å². The zero-order chi connectivity index (χ0) is 8.39. The second-order valence-corrected chi connectivity index (χ2v) is 4.79. The molecule has 0 aliphatic heterocycles. The fraction of sp³-hybridized carbons (Fsp3) is 0.750. The molecular formula is C8H13N3S. The van der Waals surface area contributed by atoms with Crippen LogP contribution in [0.15, 0.2) is 11.2 Å². The van der Waals surface area contributed by atoms with Crippen molar-refractivity contribution in [1.29, 1.82) is 0 Å². The summed E-state index contributed by atoms with van der Waals surface area (Å²) in [5.41, 5.74) is 0. The van der Waals surface area contributed by atoms with Gasteiger partial charge in [-0.2, -0.15) is 10.3 Å². The first kappa shape index (κ1) is 8.10. The van der Waals surface area contributed by atoms with Gasteiger partial charge in [0.05, 0.1) is 6.20 Å². The smallest absolute Gasteiger partial charge is 0.138 e. The minimum atomic E-state index is 0.769. The van der Waals surface area contributed by atoms with E-state index in [1.165, 1.54) is 19.3 Å². The maximum atomic E-state index is 4.03. The normalized spacial score (nSPS) is 29.4. The van der Waals surface area contributed by atoms with Gasteiger partial charge in [0.1, 0.15) is 5.03 Å². The van der Waals surface area contributed by atoms with Crippen LogP contribution in [0, 0.1) is 5.92 Å². The lowest BCUT2D eigenvalue weighted by Crippen LogP contribution is -1.95. The first-order chi connectivity index (χ1) is 5.84. The third kappa shape index (κ3) is 1.80. The van der Waals surface area contributed by atoms with Crippen molar-refractivity contribution in [3.8, 4) is 0 Å². The van der Waals surface area contributed by atoms with Crippen LogP contribution in [0.25, 0.3) is 0 Å². The van der Waals surface area contributed by atoms with Crippen molar-refractivity contribution in [3.05, 3.63) is 6.20 Å². The van der Waals surface area contributed by atoms with Crippen LogP contribution in [0.1, 0.15) is 26.2 Å². The van der Waals surface area contributed by atoms with E-state index in [1.807, 2.05) is 11.8 Å². The van der Waals surface area contributed by atoms with E-state index < -0.39 is 0 Å². The maximum absolute atomic E-state index is 4.03. The molecule has 3 nitrogen and oxygen atoms in total. The summed E-state index contributed by atoms with van der Waals surface area (Å²) >= 11 is 1.86. The molecule has 0 saturated heterocycles. The molecule has 1 aromatic rings. The van der Waals surface area contributed by atoms with Crippen LogP contribution in [0.4, 0.5) is 0 Å². The summed E-state index contributed by atoms with van der Waals surface area (Å²) < 4.78 is 0. The number of rotatable bonds is 2. The van der Waals surface area contributed by atoms with E-state index in [2.05, 4.69) is 22.3 Å². The highest BCUT2D eigenvalue weighted by Crippen LogP contribution is 2.36. The van der Waals surface area contributed by atoms with Crippen LogP contribution in [-0.2, 0) is 0 Å². The minimum Gasteiger partial charge on any atom is -0.197 e. The molecule has 12 heavy (non-hydrogen) atoms. The molecule has 2 unspecified atom stereocenters. The first-order valence-corrected chi connectivity index (χ1v) is 5.25. The molecule has 1 aromatic heterocycles. The average molecular weight is 183 g/mol. The summed E-state index contributed by atoms with van der Waals surface area (Å²) in [7, 11) is 0. The second-order valence-electron chi connectivity index (χ2n) is 3.47. The van der Waals surface area contributed by atoms with Crippen molar-refractivity contribution in [2.45, 2.75) is 36.5 Å². The molecule has 0 spiro atoms. The number of thioether (sulfide) groups is 1. The van der Waals surface area contributed by atoms with Gasteiger partial charge in [0.15, 0.2) is 0 Å². The van der Waals surface area contributed by atoms with Crippen molar-refractivity contribution < 1.29 is 0 Å². The molecule has 1 fully saturated rings. The maximum Gasteiger partial charge on any atom is 0.138 e. The van der Waals surface area contributed by atoms with Gasteiger partial charge in [0, 0.05) is 5.25 Å². The summed E-state index contributed by atoms with van der Waals surface area (Å²) in [6.07, 6.45) is 5.83. The van der Waals surface area contributed by atoms with Crippen LogP contribution < -0.4 is 0 Å². The summed E-state index contributed by atoms with van der Waals surface area (Å²) in [5.74, 6) is 0.898. The van der Waals surface area contributed by atoms with E-state index in [4.69, 9.17) is 0 Å². The van der Waals surface area contributed by atoms with Crippen molar-refractivity contribution in [2.75, 3.05) is 0 Å². The molecule has 2 atom stereocenters.